The van der Waals surface area contributed by atoms with Crippen molar-refractivity contribution in [3.05, 3.63) is 89.0 Å². The fourth-order valence-corrected chi connectivity index (χ4v) is 4.24. The number of phenols is 8. The van der Waals surface area contributed by atoms with E-state index >= 15 is 0 Å². The molecule has 0 unspecified atom stereocenters. The predicted molar refractivity (Wildman–Crippen MR) is 157 cm³/mol. The molecule has 0 heterocycles. The molecule has 0 bridgehead atoms. The van der Waals surface area contributed by atoms with E-state index in [0.717, 1.165) is 24.3 Å². The number of carbonyl (C=O) groups is 2. The van der Waals surface area contributed by atoms with Crippen LogP contribution in [0.4, 0.5) is 0 Å². The number of carboxylic acids is 1. The molecule has 4 aromatic rings. The fraction of sp³-hybridized carbons (Fsp3) is 0.0625. The minimum Gasteiger partial charge on any atom is -0.508 e. The second-order valence-corrected chi connectivity index (χ2v) is 9.57. The molecule has 0 fully saturated rings. The monoisotopic (exact) mass is 602 g/mol. The maximum Gasteiger partial charge on any atom is 0.345 e. The first-order chi connectivity index (χ1) is 20.8. The van der Waals surface area contributed by atoms with Crippen LogP contribution < -0.4 is 0 Å². The van der Waals surface area contributed by atoms with Crippen LogP contribution in [0.1, 0.15) is 22.3 Å². The normalized spacial score (nSPS) is 12.0. The van der Waals surface area contributed by atoms with Crippen molar-refractivity contribution in [2.45, 2.75) is 12.5 Å². The summed E-state index contributed by atoms with van der Waals surface area (Å²) in [5.74, 6) is -6.66. The molecule has 0 aliphatic carbocycles. The van der Waals surface area contributed by atoms with E-state index < -0.39 is 64.7 Å². The summed E-state index contributed by atoms with van der Waals surface area (Å²) in [6, 6.07) is 13.1. The van der Waals surface area contributed by atoms with Gasteiger partial charge in [-0.05, 0) is 88.0 Å². The van der Waals surface area contributed by atoms with Gasteiger partial charge < -0.3 is 50.7 Å². The van der Waals surface area contributed by atoms with Gasteiger partial charge in [0.2, 0.25) is 6.10 Å². The van der Waals surface area contributed by atoms with Gasteiger partial charge in [0, 0.05) is 12.5 Å². The summed E-state index contributed by atoms with van der Waals surface area (Å²) < 4.78 is 5.02. The third-order valence-corrected chi connectivity index (χ3v) is 6.41. The highest BCUT2D eigenvalue weighted by molar-refractivity contribution is 5.91. The molecule has 0 radical (unpaired) electrons. The zero-order valence-electron chi connectivity index (χ0n) is 22.6. The highest BCUT2D eigenvalue weighted by atomic mass is 16.6. The van der Waals surface area contributed by atoms with Crippen LogP contribution in [0.2, 0.25) is 0 Å². The fourth-order valence-electron chi connectivity index (χ4n) is 4.24. The second-order valence-electron chi connectivity index (χ2n) is 9.57. The quantitative estimate of drug-likeness (QED) is 0.0562. The van der Waals surface area contributed by atoms with Crippen LogP contribution in [0, 0.1) is 0 Å². The summed E-state index contributed by atoms with van der Waals surface area (Å²) in [5, 5.41) is 88.6. The van der Waals surface area contributed by atoms with Gasteiger partial charge in [0.05, 0.1) is 0 Å². The average molecular weight is 603 g/mol. The Kier molecular flexibility index (Phi) is 8.84. The Morgan fingerprint density at radius 1 is 0.659 bits per heavy atom. The van der Waals surface area contributed by atoms with Gasteiger partial charge in [-0.1, -0.05) is 24.3 Å². The smallest absolute Gasteiger partial charge is 0.345 e. The number of hydrogen-bond donors (Lipinski definition) is 9. The third-order valence-electron chi connectivity index (χ3n) is 6.41. The SMILES string of the molecule is O=C(/C=C/c1cc(O)c(O)cc1/C=C\c1cc(O)c(O)cc1-c1cccc(O)c1)O[C@H](Cc1cc(O)c(O)c(O)c1)C(=O)O. The molecule has 12 heteroatoms. The van der Waals surface area contributed by atoms with E-state index in [9.17, 15) is 55.5 Å². The van der Waals surface area contributed by atoms with E-state index in [-0.39, 0.29) is 22.4 Å². The number of ether oxygens (including phenoxy) is 1. The number of carbonyl (C=O) groups excluding carboxylic acids is 1. The van der Waals surface area contributed by atoms with Gasteiger partial charge in [0.25, 0.3) is 0 Å². The summed E-state index contributed by atoms with van der Waals surface area (Å²) >= 11 is 0. The molecule has 4 aromatic carbocycles. The molecule has 0 amide bonds. The number of hydrogen-bond acceptors (Lipinski definition) is 11. The lowest BCUT2D eigenvalue weighted by molar-refractivity contribution is -0.160. The van der Waals surface area contributed by atoms with Crippen LogP contribution in [0.3, 0.4) is 0 Å². The molecular formula is C32H26O12. The average Bonchev–Trinajstić information content (AvgIpc) is 2.96. The molecule has 9 N–H and O–H groups in total. The Morgan fingerprint density at radius 2 is 1.20 bits per heavy atom. The van der Waals surface area contributed by atoms with Crippen molar-refractivity contribution in [1.82, 2.24) is 0 Å². The van der Waals surface area contributed by atoms with E-state index in [0.29, 0.717) is 16.7 Å². The van der Waals surface area contributed by atoms with Crippen molar-refractivity contribution in [2.75, 3.05) is 0 Å². The predicted octanol–water partition coefficient (Wildman–Crippen LogP) is 4.42. The van der Waals surface area contributed by atoms with Crippen molar-refractivity contribution < 1.29 is 60.3 Å². The summed E-state index contributed by atoms with van der Waals surface area (Å²) in [4.78, 5) is 24.2. The Bertz CT molecular complexity index is 1780. The Hall–Kier alpha value is -6.30. The number of aromatic hydroxyl groups is 8. The maximum atomic E-state index is 12.5. The standard InChI is InChI=1S/C32H26O12/c33-21-3-1-2-19(11-21)22-15-26(37)25(36)14-20(22)5-4-17-12-23(34)24(35)13-18(17)6-7-30(40)44-29(32(42)43)10-16-8-27(38)31(41)28(39)9-16/h1-9,11-15,29,33-39,41H,10H2,(H,42,43)/b5-4-,7-6+/t29-/m1/s1. The number of benzene rings is 4. The van der Waals surface area contributed by atoms with Crippen LogP contribution in [-0.4, -0.2) is 64.0 Å². The molecule has 44 heavy (non-hydrogen) atoms. The Balaban J connectivity index is 1.61. The minimum absolute atomic E-state index is 0.0303. The van der Waals surface area contributed by atoms with Crippen molar-refractivity contribution in [3.8, 4) is 57.1 Å². The lowest BCUT2D eigenvalue weighted by atomic mass is 9.97. The molecule has 0 aliphatic heterocycles. The number of rotatable bonds is 9. The largest absolute Gasteiger partial charge is 0.508 e. The summed E-state index contributed by atoms with van der Waals surface area (Å²) in [6.07, 6.45) is 2.89. The van der Waals surface area contributed by atoms with Gasteiger partial charge in [0.15, 0.2) is 40.2 Å². The third kappa shape index (κ3) is 7.12. The number of phenolic OH excluding ortho intramolecular Hbond substituents is 8. The number of carboxylic acid groups (broad SMARTS) is 1. The van der Waals surface area contributed by atoms with Crippen LogP contribution in [0.25, 0.3) is 29.4 Å². The molecule has 0 aliphatic rings. The van der Waals surface area contributed by atoms with Gasteiger partial charge in [-0.25, -0.2) is 9.59 Å². The van der Waals surface area contributed by atoms with Crippen LogP contribution >= 0.6 is 0 Å². The summed E-state index contributed by atoms with van der Waals surface area (Å²) in [5.41, 5.74) is 1.86. The molecule has 4 rings (SSSR count). The molecule has 0 aromatic heterocycles. The molecule has 0 saturated heterocycles. The second kappa shape index (κ2) is 12.7. The number of esters is 1. The topological polar surface area (TPSA) is 225 Å². The molecule has 0 spiro atoms. The van der Waals surface area contributed by atoms with Crippen molar-refractivity contribution in [2.24, 2.45) is 0 Å². The lowest BCUT2D eigenvalue weighted by Gasteiger charge is -2.13. The van der Waals surface area contributed by atoms with Crippen molar-refractivity contribution >= 4 is 30.2 Å². The highest BCUT2D eigenvalue weighted by Gasteiger charge is 2.23. The minimum atomic E-state index is -1.74. The highest BCUT2D eigenvalue weighted by Crippen LogP contribution is 2.38. The van der Waals surface area contributed by atoms with Gasteiger partial charge in [-0.3, -0.25) is 0 Å². The van der Waals surface area contributed by atoms with Crippen LogP contribution in [0.15, 0.2) is 66.7 Å². The maximum absolute atomic E-state index is 12.5. The van der Waals surface area contributed by atoms with E-state index in [2.05, 4.69) is 0 Å². The van der Waals surface area contributed by atoms with Crippen LogP contribution in [0.5, 0.6) is 46.0 Å². The molecule has 12 nitrogen and oxygen atoms in total. The lowest BCUT2D eigenvalue weighted by Crippen LogP contribution is -2.28. The van der Waals surface area contributed by atoms with Gasteiger partial charge >= 0.3 is 11.9 Å². The van der Waals surface area contributed by atoms with E-state index in [4.69, 9.17) is 4.74 Å². The molecular weight excluding hydrogens is 576 g/mol. The van der Waals surface area contributed by atoms with Gasteiger partial charge in [0.1, 0.15) is 5.75 Å². The first kappa shape index (κ1) is 30.7. The van der Waals surface area contributed by atoms with E-state index in [1.165, 1.54) is 48.6 Å². The van der Waals surface area contributed by atoms with Gasteiger partial charge in [-0.2, -0.15) is 0 Å². The summed E-state index contributed by atoms with van der Waals surface area (Å²) in [7, 11) is 0. The Labute approximate surface area is 249 Å². The zero-order valence-corrected chi connectivity index (χ0v) is 22.6. The van der Waals surface area contributed by atoms with Crippen LogP contribution in [-0.2, 0) is 20.7 Å². The summed E-state index contributed by atoms with van der Waals surface area (Å²) in [6.45, 7) is 0. The van der Waals surface area contributed by atoms with Crippen molar-refractivity contribution in [3.63, 3.8) is 0 Å². The Morgan fingerprint density at radius 3 is 1.80 bits per heavy atom. The van der Waals surface area contributed by atoms with Crippen molar-refractivity contribution in [1.29, 1.82) is 0 Å². The zero-order chi connectivity index (χ0) is 32.1. The molecule has 0 saturated carbocycles. The van der Waals surface area contributed by atoms with E-state index in [1.54, 1.807) is 12.1 Å². The molecule has 1 atom stereocenters. The molecule has 226 valence electrons. The number of aliphatic carboxylic acids is 1. The first-order valence-electron chi connectivity index (χ1n) is 12.8. The van der Waals surface area contributed by atoms with E-state index in [1.807, 2.05) is 0 Å². The first-order valence-corrected chi connectivity index (χ1v) is 12.8. The van der Waals surface area contributed by atoms with Gasteiger partial charge in [-0.15, -0.1) is 0 Å².